The van der Waals surface area contributed by atoms with Gasteiger partial charge in [0.1, 0.15) is 5.82 Å². The van der Waals surface area contributed by atoms with Crippen LogP contribution in [0.3, 0.4) is 0 Å². The zero-order valence-corrected chi connectivity index (χ0v) is 17.9. The van der Waals surface area contributed by atoms with Gasteiger partial charge in [-0.3, -0.25) is 9.69 Å². The summed E-state index contributed by atoms with van der Waals surface area (Å²) in [6.45, 7) is 6.44. The van der Waals surface area contributed by atoms with Gasteiger partial charge in [-0.1, -0.05) is 5.16 Å². The Labute approximate surface area is 184 Å². The van der Waals surface area contributed by atoms with E-state index in [1.54, 1.807) is 37.3 Å². The second-order valence-electron chi connectivity index (χ2n) is 7.99. The first-order chi connectivity index (χ1) is 15.5. The average Bonchev–Trinajstić information content (AvgIpc) is 3.49. The Morgan fingerprint density at radius 3 is 2.62 bits per heavy atom. The van der Waals surface area contributed by atoms with E-state index in [1.165, 1.54) is 6.07 Å². The average molecular weight is 438 g/mol. The minimum Gasteiger partial charge on any atom is -0.454 e. The van der Waals surface area contributed by atoms with Gasteiger partial charge in [0, 0.05) is 37.3 Å². The van der Waals surface area contributed by atoms with E-state index in [9.17, 15) is 9.18 Å². The van der Waals surface area contributed by atoms with Gasteiger partial charge in [-0.15, -0.1) is 0 Å². The van der Waals surface area contributed by atoms with Gasteiger partial charge in [0.25, 0.3) is 5.91 Å². The van der Waals surface area contributed by atoms with Crippen LogP contribution in [-0.4, -0.2) is 58.8 Å². The number of rotatable bonds is 4. The molecule has 1 fully saturated rings. The third-order valence-electron chi connectivity index (χ3n) is 5.98. The van der Waals surface area contributed by atoms with E-state index in [2.05, 4.69) is 15.0 Å². The molecule has 2 aliphatic heterocycles. The van der Waals surface area contributed by atoms with Gasteiger partial charge in [0.15, 0.2) is 11.5 Å². The molecule has 0 spiro atoms. The van der Waals surface area contributed by atoms with Crippen molar-refractivity contribution < 1.29 is 23.2 Å². The van der Waals surface area contributed by atoms with Crippen LogP contribution in [0.25, 0.3) is 11.4 Å². The Morgan fingerprint density at radius 1 is 1.06 bits per heavy atom. The number of carbonyl (C=O) groups excluding carboxylic acids is 1. The number of aromatic nitrogens is 2. The van der Waals surface area contributed by atoms with Crippen molar-refractivity contribution in [2.24, 2.45) is 0 Å². The number of hydrogen-bond acceptors (Lipinski definition) is 7. The van der Waals surface area contributed by atoms with Crippen LogP contribution >= 0.6 is 0 Å². The number of amides is 1. The van der Waals surface area contributed by atoms with Crippen LogP contribution < -0.4 is 9.47 Å². The Bertz CT molecular complexity index is 1160. The fourth-order valence-corrected chi connectivity index (χ4v) is 3.99. The summed E-state index contributed by atoms with van der Waals surface area (Å²) in [6.07, 6.45) is 0. The van der Waals surface area contributed by atoms with Crippen LogP contribution in [0, 0.1) is 12.7 Å². The number of fused-ring (bicyclic) bond motifs is 1. The van der Waals surface area contributed by atoms with Crippen LogP contribution in [0.2, 0.25) is 0 Å². The Hall–Kier alpha value is -3.46. The Morgan fingerprint density at radius 2 is 1.84 bits per heavy atom. The monoisotopic (exact) mass is 438 g/mol. The zero-order valence-electron chi connectivity index (χ0n) is 17.9. The Balaban J connectivity index is 1.22. The molecule has 2 aliphatic rings. The summed E-state index contributed by atoms with van der Waals surface area (Å²) in [5, 5.41) is 4.06. The lowest BCUT2D eigenvalue weighted by Gasteiger charge is -2.36. The molecule has 0 saturated carbocycles. The van der Waals surface area contributed by atoms with E-state index in [4.69, 9.17) is 14.0 Å². The maximum atomic E-state index is 13.5. The van der Waals surface area contributed by atoms with Crippen molar-refractivity contribution in [3.8, 4) is 22.9 Å². The summed E-state index contributed by atoms with van der Waals surface area (Å²) in [7, 11) is 0. The smallest absolute Gasteiger partial charge is 0.254 e. The molecule has 8 nitrogen and oxygen atoms in total. The van der Waals surface area contributed by atoms with Crippen molar-refractivity contribution in [3.63, 3.8) is 0 Å². The molecule has 2 aromatic carbocycles. The maximum Gasteiger partial charge on any atom is 0.254 e. The van der Waals surface area contributed by atoms with Crippen LogP contribution in [-0.2, 0) is 0 Å². The first-order valence-corrected chi connectivity index (χ1v) is 10.5. The lowest BCUT2D eigenvalue weighted by Crippen LogP contribution is -2.49. The normalized spacial score (nSPS) is 16.9. The summed E-state index contributed by atoms with van der Waals surface area (Å²) in [5.41, 5.74) is 1.84. The van der Waals surface area contributed by atoms with Crippen molar-refractivity contribution in [3.05, 3.63) is 59.2 Å². The summed E-state index contributed by atoms with van der Waals surface area (Å²) >= 11 is 0. The molecule has 1 saturated heterocycles. The predicted octanol–water partition coefficient (Wildman–Crippen LogP) is 3.43. The molecule has 1 atom stereocenters. The van der Waals surface area contributed by atoms with Crippen molar-refractivity contribution in [1.29, 1.82) is 0 Å². The predicted molar refractivity (Wildman–Crippen MR) is 113 cm³/mol. The lowest BCUT2D eigenvalue weighted by atomic mass is 10.1. The van der Waals surface area contributed by atoms with Crippen molar-refractivity contribution in [2.75, 3.05) is 33.0 Å². The van der Waals surface area contributed by atoms with Crippen LogP contribution in [0.1, 0.15) is 34.8 Å². The standard InChI is InChI=1S/C23H23FN4O4/c1-14-11-16(3-5-18(14)24)21-25-22(32-26-21)15(2)27-7-9-28(10-8-27)23(29)17-4-6-19-20(12-17)31-13-30-19/h3-6,11-12,15H,7-10,13H2,1-2H3. The molecular formula is C23H23FN4O4. The van der Waals surface area contributed by atoms with Crippen molar-refractivity contribution >= 4 is 5.91 Å². The van der Waals surface area contributed by atoms with E-state index in [-0.39, 0.29) is 24.6 Å². The van der Waals surface area contributed by atoms with E-state index in [0.29, 0.717) is 66.1 Å². The SMILES string of the molecule is Cc1cc(-c2noc(C(C)N3CCN(C(=O)c4ccc5c(c4)OCO5)CC3)n2)ccc1F. The van der Waals surface area contributed by atoms with Crippen molar-refractivity contribution in [1.82, 2.24) is 19.9 Å². The van der Waals surface area contributed by atoms with Gasteiger partial charge in [0.2, 0.25) is 18.5 Å². The number of nitrogens with zero attached hydrogens (tertiary/aromatic N) is 4. The largest absolute Gasteiger partial charge is 0.454 e. The molecule has 1 amide bonds. The molecule has 0 bridgehead atoms. The maximum absolute atomic E-state index is 13.5. The Kier molecular flexibility index (Phi) is 5.26. The van der Waals surface area contributed by atoms with E-state index < -0.39 is 0 Å². The molecule has 166 valence electrons. The third-order valence-corrected chi connectivity index (χ3v) is 5.98. The fourth-order valence-electron chi connectivity index (χ4n) is 3.99. The summed E-state index contributed by atoms with van der Waals surface area (Å²) in [4.78, 5) is 21.5. The molecule has 5 rings (SSSR count). The number of piperazine rings is 1. The topological polar surface area (TPSA) is 80.9 Å². The van der Waals surface area contributed by atoms with Crippen molar-refractivity contribution in [2.45, 2.75) is 19.9 Å². The third kappa shape index (κ3) is 3.80. The van der Waals surface area contributed by atoms with E-state index >= 15 is 0 Å². The van der Waals surface area contributed by atoms with Gasteiger partial charge >= 0.3 is 0 Å². The number of aryl methyl sites for hydroxylation is 1. The number of benzene rings is 2. The van der Waals surface area contributed by atoms with Crippen LogP contribution in [0.5, 0.6) is 11.5 Å². The molecule has 0 radical (unpaired) electrons. The fraction of sp³-hybridized carbons (Fsp3) is 0.348. The molecule has 0 N–H and O–H groups in total. The molecule has 1 unspecified atom stereocenters. The highest BCUT2D eigenvalue weighted by molar-refractivity contribution is 5.95. The first kappa shape index (κ1) is 20.4. The van der Waals surface area contributed by atoms with Gasteiger partial charge in [-0.25, -0.2) is 4.39 Å². The molecule has 9 heteroatoms. The quantitative estimate of drug-likeness (QED) is 0.617. The number of carbonyl (C=O) groups is 1. The second kappa shape index (κ2) is 8.23. The second-order valence-corrected chi connectivity index (χ2v) is 7.99. The van der Waals surface area contributed by atoms with Gasteiger partial charge < -0.3 is 18.9 Å². The number of halogens is 1. The minimum atomic E-state index is -0.265. The molecule has 0 aliphatic carbocycles. The molecule has 3 heterocycles. The summed E-state index contributed by atoms with van der Waals surface area (Å²) < 4.78 is 29.7. The molecule has 1 aromatic heterocycles. The van der Waals surface area contributed by atoms with E-state index in [0.717, 1.165) is 0 Å². The summed E-state index contributed by atoms with van der Waals surface area (Å²) in [5.74, 6) is 1.91. The summed E-state index contributed by atoms with van der Waals surface area (Å²) in [6, 6.07) is 9.92. The highest BCUT2D eigenvalue weighted by atomic mass is 19.1. The van der Waals surface area contributed by atoms with Crippen LogP contribution in [0.15, 0.2) is 40.9 Å². The van der Waals surface area contributed by atoms with Gasteiger partial charge in [-0.05, 0) is 55.8 Å². The van der Waals surface area contributed by atoms with Crippen LogP contribution in [0.4, 0.5) is 4.39 Å². The van der Waals surface area contributed by atoms with Gasteiger partial charge in [0.05, 0.1) is 6.04 Å². The van der Waals surface area contributed by atoms with Gasteiger partial charge in [-0.2, -0.15) is 4.98 Å². The van der Waals surface area contributed by atoms with E-state index in [1.807, 2.05) is 11.8 Å². The number of hydrogen-bond donors (Lipinski definition) is 0. The zero-order chi connectivity index (χ0) is 22.2. The molecular weight excluding hydrogens is 415 g/mol. The first-order valence-electron chi connectivity index (χ1n) is 10.5. The highest BCUT2D eigenvalue weighted by Gasteiger charge is 2.29. The number of ether oxygens (including phenoxy) is 2. The molecule has 3 aromatic rings. The highest BCUT2D eigenvalue weighted by Crippen LogP contribution is 2.33. The lowest BCUT2D eigenvalue weighted by molar-refractivity contribution is 0.0551. The molecule has 32 heavy (non-hydrogen) atoms. The minimum absolute atomic E-state index is 0.0256.